The van der Waals surface area contributed by atoms with E-state index >= 15 is 0 Å². The topological polar surface area (TPSA) is 88.5 Å². The molecule has 0 amide bonds. The maximum absolute atomic E-state index is 6.20. The average molecular weight is 441 g/mol. The molecule has 1 atom stereocenters. The fourth-order valence-corrected chi connectivity index (χ4v) is 5.17. The lowest BCUT2D eigenvalue weighted by atomic mass is 10.1. The van der Waals surface area contributed by atoms with Gasteiger partial charge in [0.05, 0.1) is 11.3 Å². The van der Waals surface area contributed by atoms with Crippen molar-refractivity contribution in [1.82, 2.24) is 29.5 Å². The molecule has 6 rings (SSSR count). The maximum atomic E-state index is 6.20. The third kappa shape index (κ3) is 3.80. The molecule has 33 heavy (non-hydrogen) atoms. The van der Waals surface area contributed by atoms with Gasteiger partial charge in [0.15, 0.2) is 11.5 Å². The molecular formula is C25H28N8. The first-order chi connectivity index (χ1) is 16.3. The Morgan fingerprint density at radius 1 is 0.909 bits per heavy atom. The van der Waals surface area contributed by atoms with Crippen LogP contribution in [0.5, 0.6) is 0 Å². The van der Waals surface area contributed by atoms with Crippen molar-refractivity contribution < 1.29 is 0 Å². The molecule has 2 N–H and O–H groups in total. The van der Waals surface area contributed by atoms with Gasteiger partial charge in [0.25, 0.3) is 0 Å². The van der Waals surface area contributed by atoms with E-state index < -0.39 is 0 Å². The lowest BCUT2D eigenvalue weighted by molar-refractivity contribution is 0.313. The van der Waals surface area contributed by atoms with Crippen LogP contribution in [0.3, 0.4) is 0 Å². The molecule has 4 aromatic heterocycles. The SMILES string of the molecule is Nc1nn2cc(-c3ccc(N4CCC[C@@H]4CN4CCCC4)nc3)cnc2c1-c1ccccn1. The molecule has 6 heterocycles. The number of hydrogen-bond donors (Lipinski definition) is 1. The predicted molar refractivity (Wildman–Crippen MR) is 130 cm³/mol. The highest BCUT2D eigenvalue weighted by Gasteiger charge is 2.28. The number of nitrogen functional groups attached to an aromatic ring is 1. The normalized spacial score (nSPS) is 19.0. The maximum Gasteiger partial charge on any atom is 0.166 e. The first-order valence-corrected chi connectivity index (χ1v) is 11.8. The summed E-state index contributed by atoms with van der Waals surface area (Å²) in [6, 6.07) is 10.6. The van der Waals surface area contributed by atoms with Gasteiger partial charge in [0.2, 0.25) is 0 Å². The van der Waals surface area contributed by atoms with Crippen molar-refractivity contribution in [3.05, 3.63) is 55.1 Å². The molecule has 2 fully saturated rings. The van der Waals surface area contributed by atoms with E-state index in [0.29, 0.717) is 17.5 Å². The minimum Gasteiger partial charge on any atom is -0.382 e. The lowest BCUT2D eigenvalue weighted by Crippen LogP contribution is -2.39. The molecule has 0 saturated carbocycles. The van der Waals surface area contributed by atoms with Gasteiger partial charge in [-0.05, 0) is 63.0 Å². The van der Waals surface area contributed by atoms with Crippen molar-refractivity contribution in [2.24, 2.45) is 0 Å². The molecule has 2 aliphatic heterocycles. The van der Waals surface area contributed by atoms with Crippen LogP contribution in [-0.2, 0) is 0 Å². The molecule has 4 aromatic rings. The summed E-state index contributed by atoms with van der Waals surface area (Å²) in [5.41, 5.74) is 10.4. The number of fused-ring (bicyclic) bond motifs is 1. The number of pyridine rings is 2. The Balaban J connectivity index is 1.25. The molecule has 8 nitrogen and oxygen atoms in total. The van der Waals surface area contributed by atoms with Gasteiger partial charge in [0, 0.05) is 55.0 Å². The first kappa shape index (κ1) is 20.1. The van der Waals surface area contributed by atoms with Gasteiger partial charge in [-0.2, -0.15) is 0 Å². The summed E-state index contributed by atoms with van der Waals surface area (Å²) >= 11 is 0. The van der Waals surface area contributed by atoms with Crippen LogP contribution in [0.25, 0.3) is 28.0 Å². The fraction of sp³-hybridized carbons (Fsp3) is 0.360. The minimum atomic E-state index is 0.421. The second-order valence-electron chi connectivity index (χ2n) is 8.99. The van der Waals surface area contributed by atoms with Crippen LogP contribution in [0.2, 0.25) is 0 Å². The number of hydrogen-bond acceptors (Lipinski definition) is 7. The highest BCUT2D eigenvalue weighted by molar-refractivity contribution is 5.84. The minimum absolute atomic E-state index is 0.421. The molecule has 8 heteroatoms. The van der Waals surface area contributed by atoms with Crippen molar-refractivity contribution in [3.8, 4) is 22.4 Å². The second kappa shape index (κ2) is 8.44. The zero-order valence-electron chi connectivity index (χ0n) is 18.6. The van der Waals surface area contributed by atoms with E-state index in [1.54, 1.807) is 10.7 Å². The van der Waals surface area contributed by atoms with Crippen LogP contribution in [-0.4, -0.2) is 61.7 Å². The summed E-state index contributed by atoms with van der Waals surface area (Å²) in [6.45, 7) is 4.73. The van der Waals surface area contributed by atoms with E-state index in [0.717, 1.165) is 41.3 Å². The average Bonchev–Trinajstić information content (AvgIpc) is 3.60. The zero-order chi connectivity index (χ0) is 22.2. The Hall–Kier alpha value is -3.52. The Labute approximate surface area is 193 Å². The monoisotopic (exact) mass is 440 g/mol. The molecule has 0 radical (unpaired) electrons. The van der Waals surface area contributed by atoms with Crippen LogP contribution in [0.1, 0.15) is 25.7 Å². The lowest BCUT2D eigenvalue weighted by Gasteiger charge is -2.29. The number of nitrogens with two attached hydrogens (primary N) is 1. The van der Waals surface area contributed by atoms with Crippen molar-refractivity contribution >= 4 is 17.3 Å². The van der Waals surface area contributed by atoms with Crippen molar-refractivity contribution in [1.29, 1.82) is 0 Å². The van der Waals surface area contributed by atoms with Gasteiger partial charge in [0.1, 0.15) is 5.82 Å². The Kier molecular flexibility index (Phi) is 5.14. The third-order valence-electron chi connectivity index (χ3n) is 6.84. The van der Waals surface area contributed by atoms with E-state index in [4.69, 9.17) is 10.7 Å². The first-order valence-electron chi connectivity index (χ1n) is 11.8. The van der Waals surface area contributed by atoms with Crippen LogP contribution < -0.4 is 10.6 Å². The summed E-state index contributed by atoms with van der Waals surface area (Å²) in [5.74, 6) is 1.49. The van der Waals surface area contributed by atoms with E-state index in [1.165, 1.54) is 38.8 Å². The standard InChI is InChI=1S/C25H28N8/c26-24-23(21-7-1-2-10-27-21)25-29-15-19(16-33(25)30-24)18-8-9-22(28-14-18)32-13-5-6-20(32)17-31-11-3-4-12-31/h1-2,7-10,14-16,20H,3-6,11-13,17H2,(H2,26,30)/t20-/m1/s1. The fourth-order valence-electron chi connectivity index (χ4n) is 5.17. The van der Waals surface area contributed by atoms with E-state index in [-0.39, 0.29) is 0 Å². The van der Waals surface area contributed by atoms with Gasteiger partial charge in [-0.15, -0.1) is 5.10 Å². The molecule has 168 valence electrons. The largest absolute Gasteiger partial charge is 0.382 e. The van der Waals surface area contributed by atoms with Gasteiger partial charge >= 0.3 is 0 Å². The smallest absolute Gasteiger partial charge is 0.166 e. The third-order valence-corrected chi connectivity index (χ3v) is 6.84. The second-order valence-corrected chi connectivity index (χ2v) is 8.99. The molecule has 0 aromatic carbocycles. The van der Waals surface area contributed by atoms with Crippen molar-refractivity contribution in [2.45, 2.75) is 31.7 Å². The van der Waals surface area contributed by atoms with Crippen LogP contribution in [0.4, 0.5) is 11.6 Å². The van der Waals surface area contributed by atoms with E-state index in [9.17, 15) is 0 Å². The van der Waals surface area contributed by atoms with Gasteiger partial charge < -0.3 is 15.5 Å². The Bertz CT molecular complexity index is 1240. The number of nitrogens with zero attached hydrogens (tertiary/aromatic N) is 7. The van der Waals surface area contributed by atoms with Crippen molar-refractivity contribution in [3.63, 3.8) is 0 Å². The quantitative estimate of drug-likeness (QED) is 0.508. The molecule has 0 bridgehead atoms. The van der Waals surface area contributed by atoms with Gasteiger partial charge in [-0.25, -0.2) is 14.5 Å². The summed E-state index contributed by atoms with van der Waals surface area (Å²) < 4.78 is 1.73. The summed E-state index contributed by atoms with van der Waals surface area (Å²) in [6.07, 6.45) is 12.7. The molecule has 0 aliphatic carbocycles. The molecule has 0 unspecified atom stereocenters. The van der Waals surface area contributed by atoms with Crippen LogP contribution >= 0.6 is 0 Å². The molecular weight excluding hydrogens is 412 g/mol. The molecule has 2 saturated heterocycles. The zero-order valence-corrected chi connectivity index (χ0v) is 18.6. The number of aromatic nitrogens is 5. The molecule has 0 spiro atoms. The number of likely N-dealkylation sites (tertiary alicyclic amines) is 1. The number of anilines is 2. The summed E-state index contributed by atoms with van der Waals surface area (Å²) in [4.78, 5) is 19.0. The highest BCUT2D eigenvalue weighted by atomic mass is 15.3. The van der Waals surface area contributed by atoms with Crippen molar-refractivity contribution in [2.75, 3.05) is 36.8 Å². The van der Waals surface area contributed by atoms with E-state index in [1.807, 2.05) is 36.8 Å². The highest BCUT2D eigenvalue weighted by Crippen LogP contribution is 2.30. The number of rotatable bonds is 5. The van der Waals surface area contributed by atoms with Gasteiger partial charge in [-0.3, -0.25) is 4.98 Å². The summed E-state index contributed by atoms with van der Waals surface area (Å²) in [5, 5.41) is 4.47. The summed E-state index contributed by atoms with van der Waals surface area (Å²) in [7, 11) is 0. The van der Waals surface area contributed by atoms with Crippen LogP contribution in [0.15, 0.2) is 55.1 Å². The predicted octanol–water partition coefficient (Wildman–Crippen LogP) is 3.50. The molecule has 2 aliphatic rings. The van der Waals surface area contributed by atoms with Gasteiger partial charge in [-0.1, -0.05) is 6.07 Å². The van der Waals surface area contributed by atoms with Crippen LogP contribution in [0, 0.1) is 0 Å². The Morgan fingerprint density at radius 2 is 1.79 bits per heavy atom. The van der Waals surface area contributed by atoms with E-state index in [2.05, 4.69) is 37.0 Å². The Morgan fingerprint density at radius 3 is 2.58 bits per heavy atom.